The molecule has 0 aliphatic carbocycles. The molecule has 2 rings (SSSR count). The van der Waals surface area contributed by atoms with Crippen molar-refractivity contribution in [3.8, 4) is 0 Å². The number of rotatable bonds is 4. The van der Waals surface area contributed by atoms with Gasteiger partial charge in [-0.2, -0.15) is 0 Å². The summed E-state index contributed by atoms with van der Waals surface area (Å²) in [6.45, 7) is 1.88. The van der Waals surface area contributed by atoms with E-state index in [1.54, 1.807) is 0 Å². The Morgan fingerprint density at radius 2 is 2.00 bits per heavy atom. The lowest BCUT2D eigenvalue weighted by atomic mass is 10.1. The van der Waals surface area contributed by atoms with Crippen molar-refractivity contribution in [3.63, 3.8) is 0 Å². The Bertz CT molecular complexity index is 417. The number of nitrogens with zero attached hydrogens (tertiary/aromatic N) is 1. The number of amides is 1. The molecule has 1 fully saturated rings. The number of para-hydroxylation sites is 2. The summed E-state index contributed by atoms with van der Waals surface area (Å²) in [5.41, 5.74) is 1.79. The Balaban J connectivity index is 2.05. The molecule has 0 spiro atoms. The van der Waals surface area contributed by atoms with Crippen molar-refractivity contribution in [2.24, 2.45) is 0 Å². The molecule has 2 N–H and O–H groups in total. The third kappa shape index (κ3) is 3.86. The topological polar surface area (TPSA) is 61.8 Å². The molecule has 0 atom stereocenters. The van der Waals surface area contributed by atoms with E-state index in [4.69, 9.17) is 9.84 Å². The second-order valence-corrected chi connectivity index (χ2v) is 4.55. The smallest absolute Gasteiger partial charge is 0.411 e. The van der Waals surface area contributed by atoms with Gasteiger partial charge in [0, 0.05) is 13.1 Å². The molecule has 0 saturated carbocycles. The molecule has 1 heterocycles. The molecular formula is C14H20N2O3. The number of hydrogen-bond acceptors (Lipinski definition) is 4. The van der Waals surface area contributed by atoms with E-state index in [2.05, 4.69) is 10.2 Å². The van der Waals surface area contributed by atoms with Crippen LogP contribution in [0.4, 0.5) is 16.2 Å². The molecular weight excluding hydrogens is 244 g/mol. The summed E-state index contributed by atoms with van der Waals surface area (Å²) < 4.78 is 4.82. The summed E-state index contributed by atoms with van der Waals surface area (Å²) in [4.78, 5) is 13.8. The molecule has 1 amide bonds. The van der Waals surface area contributed by atoms with Crippen molar-refractivity contribution < 1.29 is 14.6 Å². The number of ether oxygens (including phenoxy) is 1. The quantitative estimate of drug-likeness (QED) is 0.875. The van der Waals surface area contributed by atoms with Gasteiger partial charge in [0.05, 0.1) is 18.0 Å². The number of benzene rings is 1. The first kappa shape index (κ1) is 13.7. The largest absolute Gasteiger partial charge is 0.447 e. The van der Waals surface area contributed by atoms with E-state index in [1.807, 2.05) is 24.3 Å². The predicted octanol–water partition coefficient (Wildman–Crippen LogP) is 2.22. The Morgan fingerprint density at radius 1 is 1.26 bits per heavy atom. The third-order valence-corrected chi connectivity index (χ3v) is 3.16. The first-order chi connectivity index (χ1) is 9.31. The van der Waals surface area contributed by atoms with Crippen LogP contribution in [0.3, 0.4) is 0 Å². The van der Waals surface area contributed by atoms with Gasteiger partial charge in [-0.15, -0.1) is 0 Å². The van der Waals surface area contributed by atoms with Crippen molar-refractivity contribution in [1.82, 2.24) is 0 Å². The lowest BCUT2D eigenvalue weighted by Crippen LogP contribution is -2.30. The van der Waals surface area contributed by atoms with Crippen LogP contribution in [0.2, 0.25) is 0 Å². The highest BCUT2D eigenvalue weighted by Crippen LogP contribution is 2.28. The molecule has 5 nitrogen and oxygen atoms in total. The molecule has 19 heavy (non-hydrogen) atoms. The van der Waals surface area contributed by atoms with Crippen LogP contribution in [0.5, 0.6) is 0 Å². The van der Waals surface area contributed by atoms with E-state index in [0.717, 1.165) is 24.5 Å². The first-order valence-electron chi connectivity index (χ1n) is 6.70. The number of hydrogen-bond donors (Lipinski definition) is 2. The fraction of sp³-hybridized carbons (Fsp3) is 0.500. The summed E-state index contributed by atoms with van der Waals surface area (Å²) in [5, 5.41) is 11.4. The van der Waals surface area contributed by atoms with Crippen LogP contribution in [0.15, 0.2) is 24.3 Å². The van der Waals surface area contributed by atoms with Gasteiger partial charge in [-0.3, -0.25) is 5.32 Å². The summed E-state index contributed by atoms with van der Waals surface area (Å²) in [6, 6.07) is 7.72. The normalized spacial score (nSPS) is 15.1. The van der Waals surface area contributed by atoms with Gasteiger partial charge in [-0.25, -0.2) is 4.79 Å². The highest BCUT2D eigenvalue weighted by atomic mass is 16.6. The second kappa shape index (κ2) is 6.99. The fourth-order valence-electron chi connectivity index (χ4n) is 2.27. The van der Waals surface area contributed by atoms with E-state index >= 15 is 0 Å². The van der Waals surface area contributed by atoms with Gasteiger partial charge in [0.1, 0.15) is 6.61 Å². The van der Waals surface area contributed by atoms with E-state index in [9.17, 15) is 4.79 Å². The van der Waals surface area contributed by atoms with Crippen molar-refractivity contribution in [3.05, 3.63) is 24.3 Å². The maximum Gasteiger partial charge on any atom is 0.411 e. The maximum atomic E-state index is 11.5. The van der Waals surface area contributed by atoms with Gasteiger partial charge >= 0.3 is 6.09 Å². The Morgan fingerprint density at radius 3 is 2.74 bits per heavy atom. The highest BCUT2D eigenvalue weighted by molar-refractivity contribution is 5.89. The van der Waals surface area contributed by atoms with Crippen molar-refractivity contribution in [1.29, 1.82) is 0 Å². The van der Waals surface area contributed by atoms with Crippen LogP contribution >= 0.6 is 0 Å². The van der Waals surface area contributed by atoms with Gasteiger partial charge in [0.15, 0.2) is 0 Å². The molecule has 104 valence electrons. The maximum absolute atomic E-state index is 11.5. The molecule has 0 bridgehead atoms. The molecule has 1 aliphatic rings. The van der Waals surface area contributed by atoms with Gasteiger partial charge in [0.25, 0.3) is 0 Å². The summed E-state index contributed by atoms with van der Waals surface area (Å²) >= 11 is 0. The predicted molar refractivity (Wildman–Crippen MR) is 74.6 cm³/mol. The number of piperidine rings is 1. The minimum atomic E-state index is -0.529. The average molecular weight is 264 g/mol. The monoisotopic (exact) mass is 264 g/mol. The third-order valence-electron chi connectivity index (χ3n) is 3.16. The lowest BCUT2D eigenvalue weighted by Gasteiger charge is -2.30. The van der Waals surface area contributed by atoms with Gasteiger partial charge in [-0.05, 0) is 31.4 Å². The molecule has 0 unspecified atom stereocenters. The molecule has 1 aliphatic heterocycles. The molecule has 1 aromatic carbocycles. The summed E-state index contributed by atoms with van der Waals surface area (Å²) in [5.74, 6) is 0. The number of carbonyl (C=O) groups excluding carboxylic acids is 1. The van der Waals surface area contributed by atoms with Crippen LogP contribution in [0.1, 0.15) is 19.3 Å². The minimum absolute atomic E-state index is 0.0116. The number of aliphatic hydroxyl groups excluding tert-OH is 1. The Labute approximate surface area is 113 Å². The molecule has 1 saturated heterocycles. The van der Waals surface area contributed by atoms with Crippen molar-refractivity contribution in [2.45, 2.75) is 19.3 Å². The van der Waals surface area contributed by atoms with Crippen LogP contribution in [0, 0.1) is 0 Å². The average Bonchev–Trinajstić information content (AvgIpc) is 2.46. The Kier molecular flexibility index (Phi) is 5.03. The molecule has 0 radical (unpaired) electrons. The highest BCUT2D eigenvalue weighted by Gasteiger charge is 2.15. The number of anilines is 2. The number of aliphatic hydroxyl groups is 1. The van der Waals surface area contributed by atoms with Crippen molar-refractivity contribution in [2.75, 3.05) is 36.5 Å². The van der Waals surface area contributed by atoms with Crippen LogP contribution in [-0.2, 0) is 4.74 Å². The molecule has 1 aromatic rings. The van der Waals surface area contributed by atoms with Crippen LogP contribution in [0.25, 0.3) is 0 Å². The fourth-order valence-corrected chi connectivity index (χ4v) is 2.27. The van der Waals surface area contributed by atoms with E-state index in [1.165, 1.54) is 19.3 Å². The first-order valence-corrected chi connectivity index (χ1v) is 6.70. The number of nitrogens with one attached hydrogen (secondary N) is 1. The zero-order chi connectivity index (χ0) is 13.5. The van der Waals surface area contributed by atoms with E-state index < -0.39 is 6.09 Å². The van der Waals surface area contributed by atoms with E-state index in [0.29, 0.717) is 0 Å². The second-order valence-electron chi connectivity index (χ2n) is 4.55. The molecule has 0 aromatic heterocycles. The Hall–Kier alpha value is -1.75. The summed E-state index contributed by atoms with van der Waals surface area (Å²) in [6.07, 6.45) is 3.11. The standard InChI is InChI=1S/C14H20N2O3/c17-10-11-19-14(18)15-12-6-2-3-7-13(12)16-8-4-1-5-9-16/h2-3,6-7,17H,1,4-5,8-11H2,(H,15,18). The van der Waals surface area contributed by atoms with E-state index in [-0.39, 0.29) is 13.2 Å². The van der Waals surface area contributed by atoms with Gasteiger partial charge in [-0.1, -0.05) is 12.1 Å². The van der Waals surface area contributed by atoms with Gasteiger partial charge < -0.3 is 14.7 Å². The van der Waals surface area contributed by atoms with Crippen molar-refractivity contribution >= 4 is 17.5 Å². The van der Waals surface area contributed by atoms with Gasteiger partial charge in [0.2, 0.25) is 0 Å². The molecule has 5 heteroatoms. The zero-order valence-corrected chi connectivity index (χ0v) is 11.0. The van der Waals surface area contributed by atoms with Crippen LogP contribution in [-0.4, -0.2) is 37.5 Å². The number of carbonyl (C=O) groups is 1. The SMILES string of the molecule is O=C(Nc1ccccc1N1CCCCC1)OCCO. The zero-order valence-electron chi connectivity index (χ0n) is 11.0. The lowest BCUT2D eigenvalue weighted by molar-refractivity contribution is 0.131. The minimum Gasteiger partial charge on any atom is -0.447 e. The summed E-state index contributed by atoms with van der Waals surface area (Å²) in [7, 11) is 0. The van der Waals surface area contributed by atoms with Crippen LogP contribution < -0.4 is 10.2 Å².